The van der Waals surface area contributed by atoms with Crippen molar-refractivity contribution in [3.8, 4) is 23.2 Å². The molecule has 3 aromatic rings. The minimum atomic E-state index is -3.39. The Hall–Kier alpha value is -2.97. The highest BCUT2D eigenvalue weighted by Crippen LogP contribution is 2.39. The summed E-state index contributed by atoms with van der Waals surface area (Å²) in [6.07, 6.45) is 5.13. The molecule has 0 bridgehead atoms. The normalized spacial score (nSPS) is 16.7. The van der Waals surface area contributed by atoms with E-state index in [1.54, 1.807) is 30.9 Å². The van der Waals surface area contributed by atoms with Gasteiger partial charge in [0.2, 0.25) is 15.9 Å². The van der Waals surface area contributed by atoms with Crippen LogP contribution in [0, 0.1) is 11.3 Å². The van der Waals surface area contributed by atoms with Gasteiger partial charge in [-0.3, -0.25) is 4.68 Å². The van der Waals surface area contributed by atoms with Gasteiger partial charge >= 0.3 is 0 Å². The molecule has 0 atom stereocenters. The number of nitrogens with zero attached hydrogens (tertiary/aromatic N) is 6. The van der Waals surface area contributed by atoms with Gasteiger partial charge in [0.1, 0.15) is 17.5 Å². The maximum Gasteiger partial charge on any atom is 0.242 e. The van der Waals surface area contributed by atoms with Gasteiger partial charge in [-0.2, -0.15) is 9.57 Å². The largest absolute Gasteiger partial charge is 0.479 e. The summed E-state index contributed by atoms with van der Waals surface area (Å²) < 4.78 is 33.5. The first-order valence-corrected chi connectivity index (χ1v) is 10.6. The predicted octanol–water partition coefficient (Wildman–Crippen LogP) is 1.49. The number of nitriles is 1. The fourth-order valence-corrected chi connectivity index (χ4v) is 5.01. The van der Waals surface area contributed by atoms with E-state index < -0.39 is 20.8 Å². The number of H-pyrrole nitrogens is 1. The van der Waals surface area contributed by atoms with Crippen molar-refractivity contribution < 1.29 is 13.2 Å². The lowest BCUT2D eigenvalue weighted by Crippen LogP contribution is -2.65. The number of methoxy groups -OCH3 is 1. The Morgan fingerprint density at radius 3 is 2.79 bits per heavy atom. The fraction of sp³-hybridized carbons (Fsp3) is 0.444. The van der Waals surface area contributed by atoms with E-state index in [2.05, 4.69) is 26.1 Å². The summed E-state index contributed by atoms with van der Waals surface area (Å²) in [5, 5.41) is 14.2. The van der Waals surface area contributed by atoms with E-state index in [0.717, 1.165) is 5.39 Å². The van der Waals surface area contributed by atoms with Crippen molar-refractivity contribution in [1.29, 1.82) is 5.26 Å². The third-order valence-electron chi connectivity index (χ3n) is 5.27. The number of hydrogen-bond acceptors (Lipinski definition) is 7. The van der Waals surface area contributed by atoms with Crippen LogP contribution in [0.4, 0.5) is 0 Å². The first kappa shape index (κ1) is 19.4. The molecule has 4 rings (SSSR count). The minimum absolute atomic E-state index is 0.130. The topological polar surface area (TPSA) is 130 Å². The molecule has 1 N–H and O–H groups in total. The van der Waals surface area contributed by atoms with Crippen molar-refractivity contribution in [2.45, 2.75) is 31.1 Å². The van der Waals surface area contributed by atoms with Crippen molar-refractivity contribution in [1.82, 2.24) is 29.0 Å². The van der Waals surface area contributed by atoms with Crippen LogP contribution >= 0.6 is 0 Å². The fourth-order valence-electron chi connectivity index (χ4n) is 3.57. The van der Waals surface area contributed by atoms with Gasteiger partial charge in [-0.25, -0.2) is 18.4 Å². The summed E-state index contributed by atoms with van der Waals surface area (Å²) in [7, 11) is -1.88. The van der Waals surface area contributed by atoms with Crippen molar-refractivity contribution in [2.75, 3.05) is 20.2 Å². The second-order valence-electron chi connectivity index (χ2n) is 7.38. The van der Waals surface area contributed by atoms with Crippen molar-refractivity contribution >= 4 is 21.1 Å². The van der Waals surface area contributed by atoms with Crippen molar-refractivity contribution in [3.63, 3.8) is 0 Å². The Morgan fingerprint density at radius 2 is 2.14 bits per heavy atom. The molecule has 0 radical (unpaired) electrons. The van der Waals surface area contributed by atoms with Gasteiger partial charge < -0.3 is 9.72 Å². The third kappa shape index (κ3) is 2.95. The van der Waals surface area contributed by atoms with Gasteiger partial charge in [0.15, 0.2) is 0 Å². The molecular formula is C18H21N7O3S. The van der Waals surface area contributed by atoms with Gasteiger partial charge in [-0.15, -0.1) is 5.10 Å². The summed E-state index contributed by atoms with van der Waals surface area (Å²) in [4.78, 5) is 11.6. The molecular weight excluding hydrogens is 394 g/mol. The van der Waals surface area contributed by atoms with Gasteiger partial charge in [0.25, 0.3) is 0 Å². The number of nitrogens with one attached hydrogen (secondary N) is 1. The van der Waals surface area contributed by atoms with E-state index in [1.807, 2.05) is 6.07 Å². The van der Waals surface area contributed by atoms with Crippen LogP contribution in [0.15, 0.2) is 24.8 Å². The molecule has 0 unspecified atom stereocenters. The Labute approximate surface area is 168 Å². The molecule has 0 spiro atoms. The first-order valence-electron chi connectivity index (χ1n) is 9.11. The molecule has 0 saturated carbocycles. The molecule has 10 nitrogen and oxygen atoms in total. The van der Waals surface area contributed by atoms with E-state index in [9.17, 15) is 13.7 Å². The maximum atomic E-state index is 12.5. The zero-order chi connectivity index (χ0) is 20.8. The van der Waals surface area contributed by atoms with Gasteiger partial charge in [0.05, 0.1) is 36.1 Å². The van der Waals surface area contributed by atoms with Crippen LogP contribution in [0.5, 0.6) is 5.88 Å². The monoisotopic (exact) mass is 415 g/mol. The molecule has 1 aliphatic heterocycles. The second kappa shape index (κ2) is 6.82. The summed E-state index contributed by atoms with van der Waals surface area (Å²) in [6.45, 7) is 3.67. The molecule has 3 aromatic heterocycles. The molecule has 1 saturated heterocycles. The number of fused-ring (bicyclic) bond motifs is 1. The quantitative estimate of drug-likeness (QED) is 0.645. The highest BCUT2D eigenvalue weighted by Gasteiger charge is 2.51. The van der Waals surface area contributed by atoms with Crippen LogP contribution in [0.1, 0.15) is 20.3 Å². The highest BCUT2D eigenvalue weighted by atomic mass is 32.2. The van der Waals surface area contributed by atoms with Crippen LogP contribution in [0.2, 0.25) is 0 Å². The van der Waals surface area contributed by atoms with Crippen LogP contribution in [0.3, 0.4) is 0 Å². The van der Waals surface area contributed by atoms with Gasteiger partial charge in [-0.05, 0) is 19.9 Å². The van der Waals surface area contributed by atoms with Gasteiger partial charge in [-0.1, -0.05) is 0 Å². The highest BCUT2D eigenvalue weighted by molar-refractivity contribution is 7.89. The number of rotatable bonds is 6. The molecule has 0 aliphatic carbocycles. The number of aromatic amines is 1. The summed E-state index contributed by atoms with van der Waals surface area (Å²) in [5.74, 6) is 0.355. The number of sulfonamides is 1. The molecule has 1 fully saturated rings. The van der Waals surface area contributed by atoms with Gasteiger partial charge in [0, 0.05) is 30.9 Å². The lowest BCUT2D eigenvalue weighted by molar-refractivity contribution is 0.0699. The van der Waals surface area contributed by atoms with E-state index in [4.69, 9.17) is 4.74 Å². The predicted molar refractivity (Wildman–Crippen MR) is 105 cm³/mol. The first-order chi connectivity index (χ1) is 13.8. The van der Waals surface area contributed by atoms with E-state index in [0.29, 0.717) is 22.8 Å². The molecule has 4 heterocycles. The SMILES string of the molecule is COc1nn(C2(CC#N)CN(S(=O)(=O)C(C)C)C2)cc1-c1ncnc2[nH]ccc12. The maximum absolute atomic E-state index is 12.5. The molecule has 152 valence electrons. The Bertz CT molecular complexity index is 1200. The van der Waals surface area contributed by atoms with Crippen LogP contribution in [-0.2, 0) is 15.6 Å². The second-order valence-corrected chi connectivity index (χ2v) is 9.87. The zero-order valence-electron chi connectivity index (χ0n) is 16.3. The van der Waals surface area contributed by atoms with Crippen LogP contribution in [0.25, 0.3) is 22.3 Å². The molecule has 0 amide bonds. The lowest BCUT2D eigenvalue weighted by Gasteiger charge is -2.48. The Morgan fingerprint density at radius 1 is 1.38 bits per heavy atom. The standard InChI is InChI=1S/C18H21N7O3S/c1-12(2)29(26,27)24-9-18(10-24,5-6-19)25-8-14(17(23-25)28-3)15-13-4-7-20-16(13)22-11-21-15/h4,7-8,11-12H,5,9-10H2,1-3H3,(H,20,21,22). The molecule has 11 heteroatoms. The van der Waals surface area contributed by atoms with Crippen LogP contribution < -0.4 is 4.74 Å². The number of hydrogen-bond donors (Lipinski definition) is 1. The van der Waals surface area contributed by atoms with E-state index in [-0.39, 0.29) is 19.5 Å². The number of ether oxygens (including phenoxy) is 1. The molecule has 29 heavy (non-hydrogen) atoms. The number of aromatic nitrogens is 5. The smallest absolute Gasteiger partial charge is 0.242 e. The third-order valence-corrected chi connectivity index (χ3v) is 7.44. The van der Waals surface area contributed by atoms with Crippen molar-refractivity contribution in [2.24, 2.45) is 0 Å². The molecule has 1 aliphatic rings. The zero-order valence-corrected chi connectivity index (χ0v) is 17.1. The lowest BCUT2D eigenvalue weighted by atomic mass is 9.89. The summed E-state index contributed by atoms with van der Waals surface area (Å²) in [5.41, 5.74) is 1.25. The van der Waals surface area contributed by atoms with Crippen LogP contribution in [-0.4, -0.2) is 62.9 Å². The molecule has 0 aromatic carbocycles. The van der Waals surface area contributed by atoms with E-state index >= 15 is 0 Å². The average Bonchev–Trinajstić information content (AvgIpc) is 3.30. The summed E-state index contributed by atoms with van der Waals surface area (Å²) in [6, 6.07) is 4.04. The minimum Gasteiger partial charge on any atom is -0.479 e. The van der Waals surface area contributed by atoms with Crippen molar-refractivity contribution in [3.05, 3.63) is 24.8 Å². The van der Waals surface area contributed by atoms with E-state index in [1.165, 1.54) is 17.7 Å². The summed E-state index contributed by atoms with van der Waals surface area (Å²) >= 11 is 0. The Balaban J connectivity index is 1.76. The average molecular weight is 415 g/mol. The Kier molecular flexibility index (Phi) is 4.55.